The molecule has 2 heterocycles. The van der Waals surface area contributed by atoms with Gasteiger partial charge >= 0.3 is 0 Å². The molecule has 94 valence electrons. The number of carbonyl (C=O) groups excluding carboxylic acids is 1. The van der Waals surface area contributed by atoms with E-state index in [9.17, 15) is 4.79 Å². The summed E-state index contributed by atoms with van der Waals surface area (Å²) in [5.41, 5.74) is 0.335. The Balaban J connectivity index is 2.41. The second kappa shape index (κ2) is 5.03. The van der Waals surface area contributed by atoms with Crippen LogP contribution in [0.4, 0.5) is 0 Å². The zero-order valence-electron chi connectivity index (χ0n) is 9.63. The Hall–Kier alpha value is -1.47. The van der Waals surface area contributed by atoms with E-state index < -0.39 is 0 Å². The molecule has 0 unspecified atom stereocenters. The van der Waals surface area contributed by atoms with Crippen molar-refractivity contribution in [3.8, 4) is 5.82 Å². The number of hydrogen-bond donors (Lipinski definition) is 0. The van der Waals surface area contributed by atoms with Crippen molar-refractivity contribution in [3.63, 3.8) is 0 Å². The van der Waals surface area contributed by atoms with E-state index in [1.165, 1.54) is 15.9 Å². The second-order valence-corrected chi connectivity index (χ2v) is 4.80. The minimum absolute atomic E-state index is 0.176. The molecule has 8 heteroatoms. The summed E-state index contributed by atoms with van der Waals surface area (Å²) in [6.07, 6.45) is 2.97. The van der Waals surface area contributed by atoms with Crippen molar-refractivity contribution in [1.29, 1.82) is 0 Å². The first kappa shape index (κ1) is 13.0. The maximum absolute atomic E-state index is 11.7. The van der Waals surface area contributed by atoms with Gasteiger partial charge in [-0.25, -0.2) is 14.6 Å². The Labute approximate surface area is 117 Å². The van der Waals surface area contributed by atoms with Gasteiger partial charge in [0.25, 0.3) is 5.91 Å². The molecule has 0 saturated carbocycles. The maximum Gasteiger partial charge on any atom is 0.273 e. The highest BCUT2D eigenvalue weighted by atomic mass is 79.9. The quantitative estimate of drug-likeness (QED) is 0.787. The predicted octanol–water partition coefficient (Wildman–Crippen LogP) is 1.78. The van der Waals surface area contributed by atoms with Gasteiger partial charge in [-0.15, -0.1) is 0 Å². The van der Waals surface area contributed by atoms with E-state index in [1.807, 2.05) is 0 Å². The van der Waals surface area contributed by atoms with Crippen LogP contribution in [0.3, 0.4) is 0 Å². The smallest absolute Gasteiger partial charge is 0.273 e. The van der Waals surface area contributed by atoms with Crippen LogP contribution in [-0.4, -0.2) is 44.7 Å². The minimum Gasteiger partial charge on any atom is -0.343 e. The summed E-state index contributed by atoms with van der Waals surface area (Å²) in [5.74, 6) is 0.304. The first-order valence-corrected chi connectivity index (χ1v) is 6.11. The van der Waals surface area contributed by atoms with Gasteiger partial charge in [-0.3, -0.25) is 4.79 Å². The zero-order chi connectivity index (χ0) is 13.3. The summed E-state index contributed by atoms with van der Waals surface area (Å²) >= 11 is 9.15. The van der Waals surface area contributed by atoms with Crippen molar-refractivity contribution in [2.75, 3.05) is 14.1 Å². The molecule has 1 amide bonds. The van der Waals surface area contributed by atoms with E-state index >= 15 is 0 Å². The lowest BCUT2D eigenvalue weighted by Crippen LogP contribution is -2.22. The third-order valence-electron chi connectivity index (χ3n) is 2.16. The average Bonchev–Trinajstić information content (AvgIpc) is 2.80. The van der Waals surface area contributed by atoms with Crippen LogP contribution in [0.2, 0.25) is 5.15 Å². The summed E-state index contributed by atoms with van der Waals surface area (Å²) in [6, 6.07) is 1.62. The average molecular weight is 331 g/mol. The van der Waals surface area contributed by atoms with Crippen LogP contribution in [0, 0.1) is 0 Å². The Bertz CT molecular complexity index is 598. The third-order valence-corrected chi connectivity index (χ3v) is 3.40. The highest BCUT2D eigenvalue weighted by Crippen LogP contribution is 2.24. The molecule has 0 aliphatic heterocycles. The lowest BCUT2D eigenvalue weighted by atomic mass is 10.4. The van der Waals surface area contributed by atoms with Gasteiger partial charge in [0.1, 0.15) is 11.5 Å². The largest absolute Gasteiger partial charge is 0.343 e. The molecule has 2 aromatic heterocycles. The van der Waals surface area contributed by atoms with Crippen LogP contribution < -0.4 is 0 Å². The monoisotopic (exact) mass is 329 g/mol. The highest BCUT2D eigenvalue weighted by molar-refractivity contribution is 9.10. The lowest BCUT2D eigenvalue weighted by molar-refractivity contribution is 0.0821. The molecule has 6 nitrogen and oxygen atoms in total. The predicted molar refractivity (Wildman–Crippen MR) is 69.9 cm³/mol. The normalized spacial score (nSPS) is 10.4. The zero-order valence-corrected chi connectivity index (χ0v) is 12.0. The fourth-order valence-corrected chi connectivity index (χ4v) is 1.80. The summed E-state index contributed by atoms with van der Waals surface area (Å²) in [4.78, 5) is 21.1. The molecule has 0 atom stereocenters. The molecule has 0 aliphatic rings. The van der Waals surface area contributed by atoms with Crippen molar-refractivity contribution in [2.45, 2.75) is 0 Å². The summed E-state index contributed by atoms with van der Waals surface area (Å²) < 4.78 is 1.99. The molecule has 0 aromatic carbocycles. The molecule has 0 N–H and O–H groups in total. The molecule has 0 bridgehead atoms. The number of halogens is 2. The Morgan fingerprint density at radius 3 is 2.83 bits per heavy atom. The van der Waals surface area contributed by atoms with Crippen LogP contribution in [0.25, 0.3) is 5.82 Å². The molecular weight excluding hydrogens is 322 g/mol. The molecule has 0 radical (unpaired) electrons. The molecule has 0 fully saturated rings. The molecule has 0 aliphatic carbocycles. The fraction of sp³-hybridized carbons (Fsp3) is 0.200. The number of amides is 1. The lowest BCUT2D eigenvalue weighted by Gasteiger charge is -2.07. The number of nitrogens with zero attached hydrogens (tertiary/aromatic N) is 5. The van der Waals surface area contributed by atoms with Gasteiger partial charge in [0.2, 0.25) is 0 Å². The van der Waals surface area contributed by atoms with E-state index in [1.54, 1.807) is 26.4 Å². The number of rotatable bonds is 2. The van der Waals surface area contributed by atoms with Gasteiger partial charge in [-0.1, -0.05) is 11.6 Å². The maximum atomic E-state index is 11.7. The summed E-state index contributed by atoms with van der Waals surface area (Å²) in [5, 5.41) is 4.44. The van der Waals surface area contributed by atoms with Gasteiger partial charge in [0.05, 0.1) is 4.47 Å². The van der Waals surface area contributed by atoms with E-state index in [2.05, 4.69) is 31.0 Å². The standard InChI is InChI=1S/C10H9BrClN5O/c1-16(2)10(18)6-3-4-17(15-6)9-7(11)8(12)13-5-14-9/h3-5H,1-2H3. The van der Waals surface area contributed by atoms with Crippen molar-refractivity contribution in [1.82, 2.24) is 24.6 Å². The van der Waals surface area contributed by atoms with E-state index in [0.29, 0.717) is 16.0 Å². The number of aromatic nitrogens is 4. The van der Waals surface area contributed by atoms with Gasteiger partial charge in [-0.05, 0) is 22.0 Å². The second-order valence-electron chi connectivity index (χ2n) is 3.65. The first-order chi connectivity index (χ1) is 8.50. The molecule has 0 saturated heterocycles. The highest BCUT2D eigenvalue weighted by Gasteiger charge is 2.14. The van der Waals surface area contributed by atoms with Crippen LogP contribution in [0.5, 0.6) is 0 Å². The fourth-order valence-electron chi connectivity index (χ4n) is 1.28. The van der Waals surface area contributed by atoms with Crippen molar-refractivity contribution < 1.29 is 4.79 Å². The van der Waals surface area contributed by atoms with E-state index in [4.69, 9.17) is 11.6 Å². The molecule has 0 spiro atoms. The van der Waals surface area contributed by atoms with Crippen LogP contribution >= 0.6 is 27.5 Å². The van der Waals surface area contributed by atoms with Crippen LogP contribution in [0.15, 0.2) is 23.1 Å². The van der Waals surface area contributed by atoms with Crippen molar-refractivity contribution in [2.24, 2.45) is 0 Å². The van der Waals surface area contributed by atoms with Gasteiger partial charge < -0.3 is 4.90 Å². The summed E-state index contributed by atoms with van der Waals surface area (Å²) in [7, 11) is 3.33. The van der Waals surface area contributed by atoms with Crippen molar-refractivity contribution >= 4 is 33.4 Å². The molecule has 2 rings (SSSR count). The Kier molecular flexibility index (Phi) is 3.63. The van der Waals surface area contributed by atoms with Crippen molar-refractivity contribution in [3.05, 3.63) is 33.9 Å². The summed E-state index contributed by atoms with van der Waals surface area (Å²) in [6.45, 7) is 0. The molecular formula is C10H9BrClN5O. The Morgan fingerprint density at radius 1 is 1.44 bits per heavy atom. The topological polar surface area (TPSA) is 63.9 Å². The van der Waals surface area contributed by atoms with E-state index in [-0.39, 0.29) is 11.1 Å². The number of carbonyl (C=O) groups is 1. The van der Waals surface area contributed by atoms with Gasteiger partial charge in [0.15, 0.2) is 11.5 Å². The van der Waals surface area contributed by atoms with Crippen LogP contribution in [-0.2, 0) is 0 Å². The van der Waals surface area contributed by atoms with Gasteiger partial charge in [-0.2, -0.15) is 5.10 Å². The minimum atomic E-state index is -0.176. The molecule has 2 aromatic rings. The van der Waals surface area contributed by atoms with Gasteiger partial charge in [0, 0.05) is 20.3 Å². The van der Waals surface area contributed by atoms with Crippen LogP contribution in [0.1, 0.15) is 10.5 Å². The van der Waals surface area contributed by atoms with E-state index in [0.717, 1.165) is 0 Å². The molecule has 18 heavy (non-hydrogen) atoms. The first-order valence-electron chi connectivity index (χ1n) is 4.94. The third kappa shape index (κ3) is 2.37. The Morgan fingerprint density at radius 2 is 2.17 bits per heavy atom. The number of hydrogen-bond acceptors (Lipinski definition) is 4. The SMILES string of the molecule is CN(C)C(=O)c1ccn(-c2ncnc(Cl)c2Br)n1.